The molecule has 106 valence electrons. The SMILES string of the molecule is CCOc1ccc(C(N)c2cc(C)cc(C)c2)c(Br)c1. The van der Waals surface area contributed by atoms with E-state index in [1.807, 2.05) is 25.1 Å². The summed E-state index contributed by atoms with van der Waals surface area (Å²) in [6.07, 6.45) is 0. The number of aryl methyl sites for hydroxylation is 2. The maximum Gasteiger partial charge on any atom is 0.120 e. The molecule has 2 aromatic carbocycles. The molecule has 0 aliphatic heterocycles. The Morgan fingerprint density at radius 1 is 1.10 bits per heavy atom. The number of nitrogens with two attached hydrogens (primary N) is 1. The lowest BCUT2D eigenvalue weighted by atomic mass is 9.96. The Bertz CT molecular complexity index is 590. The first-order chi connectivity index (χ1) is 9.51. The third-order valence-electron chi connectivity index (χ3n) is 3.22. The van der Waals surface area contributed by atoms with Crippen LogP contribution in [0.15, 0.2) is 40.9 Å². The highest BCUT2D eigenvalue weighted by molar-refractivity contribution is 9.10. The molecule has 0 radical (unpaired) electrons. The average molecular weight is 334 g/mol. The van der Waals surface area contributed by atoms with Crippen molar-refractivity contribution < 1.29 is 4.74 Å². The van der Waals surface area contributed by atoms with Crippen LogP contribution >= 0.6 is 15.9 Å². The van der Waals surface area contributed by atoms with Gasteiger partial charge in [-0.2, -0.15) is 0 Å². The first kappa shape index (κ1) is 15.1. The van der Waals surface area contributed by atoms with Crippen LogP contribution in [0.4, 0.5) is 0 Å². The number of hydrogen-bond acceptors (Lipinski definition) is 2. The van der Waals surface area contributed by atoms with E-state index in [2.05, 4.69) is 48.0 Å². The summed E-state index contributed by atoms with van der Waals surface area (Å²) < 4.78 is 6.48. The molecule has 0 saturated heterocycles. The second-order valence-corrected chi connectivity index (χ2v) is 5.87. The van der Waals surface area contributed by atoms with Crippen LogP contribution < -0.4 is 10.5 Å². The topological polar surface area (TPSA) is 35.2 Å². The van der Waals surface area contributed by atoms with Crippen molar-refractivity contribution in [2.75, 3.05) is 6.61 Å². The van der Waals surface area contributed by atoms with Crippen molar-refractivity contribution in [1.29, 1.82) is 0 Å². The predicted molar refractivity (Wildman–Crippen MR) is 87.3 cm³/mol. The van der Waals surface area contributed by atoms with Gasteiger partial charge in [0.15, 0.2) is 0 Å². The first-order valence-corrected chi connectivity index (χ1v) is 7.56. The number of hydrogen-bond donors (Lipinski definition) is 1. The zero-order chi connectivity index (χ0) is 14.7. The van der Waals surface area contributed by atoms with Crippen LogP contribution in [0.25, 0.3) is 0 Å². The van der Waals surface area contributed by atoms with Crippen molar-refractivity contribution in [2.24, 2.45) is 5.73 Å². The van der Waals surface area contributed by atoms with Crippen LogP contribution in [-0.4, -0.2) is 6.61 Å². The van der Waals surface area contributed by atoms with Gasteiger partial charge in [-0.3, -0.25) is 0 Å². The van der Waals surface area contributed by atoms with E-state index in [0.717, 1.165) is 21.3 Å². The monoisotopic (exact) mass is 333 g/mol. The molecule has 0 heterocycles. The predicted octanol–water partition coefficient (Wildman–Crippen LogP) is 4.51. The second-order valence-electron chi connectivity index (χ2n) is 5.02. The van der Waals surface area contributed by atoms with E-state index in [1.54, 1.807) is 0 Å². The van der Waals surface area contributed by atoms with E-state index in [1.165, 1.54) is 11.1 Å². The van der Waals surface area contributed by atoms with Gasteiger partial charge in [0.2, 0.25) is 0 Å². The number of ether oxygens (including phenoxy) is 1. The normalized spacial score (nSPS) is 12.2. The molecule has 0 bridgehead atoms. The lowest BCUT2D eigenvalue weighted by molar-refractivity contribution is 0.340. The van der Waals surface area contributed by atoms with Gasteiger partial charge >= 0.3 is 0 Å². The summed E-state index contributed by atoms with van der Waals surface area (Å²) in [6.45, 7) is 6.82. The molecule has 20 heavy (non-hydrogen) atoms. The molecule has 0 aliphatic carbocycles. The van der Waals surface area contributed by atoms with Crippen LogP contribution in [0, 0.1) is 13.8 Å². The van der Waals surface area contributed by atoms with E-state index in [4.69, 9.17) is 10.5 Å². The van der Waals surface area contributed by atoms with Crippen LogP contribution in [0.5, 0.6) is 5.75 Å². The minimum absolute atomic E-state index is 0.140. The van der Waals surface area contributed by atoms with Crippen LogP contribution in [0.2, 0.25) is 0 Å². The molecule has 2 N–H and O–H groups in total. The van der Waals surface area contributed by atoms with Crippen LogP contribution in [0.1, 0.15) is 35.2 Å². The Morgan fingerprint density at radius 2 is 1.75 bits per heavy atom. The van der Waals surface area contributed by atoms with Crippen LogP contribution in [0.3, 0.4) is 0 Å². The first-order valence-electron chi connectivity index (χ1n) is 6.77. The van der Waals surface area contributed by atoms with Gasteiger partial charge in [-0.25, -0.2) is 0 Å². The van der Waals surface area contributed by atoms with E-state index in [9.17, 15) is 0 Å². The summed E-state index contributed by atoms with van der Waals surface area (Å²) in [7, 11) is 0. The van der Waals surface area contributed by atoms with Gasteiger partial charge in [0.1, 0.15) is 5.75 Å². The highest BCUT2D eigenvalue weighted by atomic mass is 79.9. The zero-order valence-electron chi connectivity index (χ0n) is 12.1. The van der Waals surface area contributed by atoms with Gasteiger partial charge in [0.05, 0.1) is 12.6 Å². The molecule has 0 amide bonds. The fourth-order valence-corrected chi connectivity index (χ4v) is 2.99. The summed E-state index contributed by atoms with van der Waals surface area (Å²) in [5.74, 6) is 0.857. The lowest BCUT2D eigenvalue weighted by Crippen LogP contribution is -2.13. The van der Waals surface area contributed by atoms with E-state index < -0.39 is 0 Å². The lowest BCUT2D eigenvalue weighted by Gasteiger charge is -2.17. The Balaban J connectivity index is 2.35. The van der Waals surface area contributed by atoms with Crippen molar-refractivity contribution in [3.05, 3.63) is 63.1 Å². The Hall–Kier alpha value is -1.32. The number of halogens is 1. The minimum Gasteiger partial charge on any atom is -0.494 e. The third kappa shape index (κ3) is 3.41. The quantitative estimate of drug-likeness (QED) is 0.893. The zero-order valence-corrected chi connectivity index (χ0v) is 13.7. The van der Waals surface area contributed by atoms with Crippen molar-refractivity contribution in [3.63, 3.8) is 0 Å². The van der Waals surface area contributed by atoms with E-state index >= 15 is 0 Å². The average Bonchev–Trinajstić information content (AvgIpc) is 2.37. The highest BCUT2D eigenvalue weighted by Gasteiger charge is 2.13. The molecule has 2 rings (SSSR count). The Morgan fingerprint density at radius 3 is 2.30 bits per heavy atom. The van der Waals surface area contributed by atoms with Crippen molar-refractivity contribution in [3.8, 4) is 5.75 Å². The second kappa shape index (κ2) is 6.42. The molecule has 1 unspecified atom stereocenters. The van der Waals surface area contributed by atoms with Crippen molar-refractivity contribution >= 4 is 15.9 Å². The van der Waals surface area contributed by atoms with Crippen molar-refractivity contribution in [1.82, 2.24) is 0 Å². The molecule has 0 aliphatic rings. The van der Waals surface area contributed by atoms with Gasteiger partial charge in [-0.1, -0.05) is 51.3 Å². The standard InChI is InChI=1S/C17H20BrNO/c1-4-20-14-5-6-15(16(18)10-14)17(19)13-8-11(2)7-12(3)9-13/h5-10,17H,4,19H2,1-3H3. The van der Waals surface area contributed by atoms with Crippen molar-refractivity contribution in [2.45, 2.75) is 26.8 Å². The van der Waals surface area contributed by atoms with Gasteiger partial charge in [-0.15, -0.1) is 0 Å². The van der Waals surface area contributed by atoms with E-state index in [0.29, 0.717) is 6.61 Å². The molecule has 0 fully saturated rings. The molecule has 0 spiro atoms. The van der Waals surface area contributed by atoms with E-state index in [-0.39, 0.29) is 6.04 Å². The summed E-state index contributed by atoms with van der Waals surface area (Å²) in [4.78, 5) is 0. The Labute approximate surface area is 129 Å². The summed E-state index contributed by atoms with van der Waals surface area (Å²) in [5, 5.41) is 0. The molecule has 2 nitrogen and oxygen atoms in total. The molecule has 0 aromatic heterocycles. The third-order valence-corrected chi connectivity index (χ3v) is 3.91. The molecule has 2 aromatic rings. The summed E-state index contributed by atoms with van der Waals surface area (Å²) in [5.41, 5.74) is 11.1. The summed E-state index contributed by atoms with van der Waals surface area (Å²) in [6, 6.07) is 12.3. The molecule has 3 heteroatoms. The molecule has 1 atom stereocenters. The largest absolute Gasteiger partial charge is 0.494 e. The highest BCUT2D eigenvalue weighted by Crippen LogP contribution is 2.30. The molecule has 0 saturated carbocycles. The van der Waals surface area contributed by atoms with Gasteiger partial charge < -0.3 is 10.5 Å². The molecular formula is C17H20BrNO. The van der Waals surface area contributed by atoms with Gasteiger partial charge in [0.25, 0.3) is 0 Å². The Kier molecular flexibility index (Phi) is 4.84. The maximum absolute atomic E-state index is 6.41. The summed E-state index contributed by atoms with van der Waals surface area (Å²) >= 11 is 3.59. The molecular weight excluding hydrogens is 314 g/mol. The smallest absolute Gasteiger partial charge is 0.120 e. The number of benzene rings is 2. The minimum atomic E-state index is -0.140. The van der Waals surface area contributed by atoms with Crippen LogP contribution in [-0.2, 0) is 0 Å². The number of rotatable bonds is 4. The van der Waals surface area contributed by atoms with Gasteiger partial charge in [0, 0.05) is 4.47 Å². The fraction of sp³-hybridized carbons (Fsp3) is 0.294. The maximum atomic E-state index is 6.41. The van der Waals surface area contributed by atoms with Gasteiger partial charge in [-0.05, 0) is 44.0 Å². The fourth-order valence-electron chi connectivity index (χ4n) is 2.39.